The molecule has 0 aliphatic heterocycles. The van der Waals surface area contributed by atoms with Crippen molar-refractivity contribution in [2.75, 3.05) is 11.9 Å². The molecule has 0 bridgehead atoms. The lowest BCUT2D eigenvalue weighted by Gasteiger charge is -2.04. The number of halogens is 1. The molecule has 2 heterocycles. The van der Waals surface area contributed by atoms with Crippen LogP contribution in [0.3, 0.4) is 0 Å². The van der Waals surface area contributed by atoms with Crippen LogP contribution in [0.25, 0.3) is 10.2 Å². The minimum atomic E-state index is 0.610. The van der Waals surface area contributed by atoms with Crippen molar-refractivity contribution in [1.29, 1.82) is 0 Å². The molecule has 0 saturated heterocycles. The maximum atomic E-state index is 5.97. The van der Waals surface area contributed by atoms with Crippen LogP contribution in [-0.2, 0) is 0 Å². The average Bonchev–Trinajstić information content (AvgIpc) is 2.82. The Morgan fingerprint density at radius 2 is 2.20 bits per heavy atom. The number of hydrogen-bond acceptors (Lipinski definition) is 5. The van der Waals surface area contributed by atoms with Crippen LogP contribution >= 0.6 is 22.9 Å². The number of nitrogens with zero attached hydrogens (tertiary/aromatic N) is 2. The number of rotatable bonds is 4. The Balaban J connectivity index is 1.81. The van der Waals surface area contributed by atoms with Crippen molar-refractivity contribution in [3.05, 3.63) is 41.6 Å². The summed E-state index contributed by atoms with van der Waals surface area (Å²) in [5.74, 6) is 0.620. The number of fused-ring (bicyclic) bond motifs is 1. The monoisotopic (exact) mass is 305 g/mol. The van der Waals surface area contributed by atoms with Gasteiger partial charge in [0.1, 0.15) is 0 Å². The molecule has 3 rings (SSSR count). The van der Waals surface area contributed by atoms with Crippen molar-refractivity contribution in [2.45, 2.75) is 6.92 Å². The Labute approximate surface area is 125 Å². The van der Waals surface area contributed by atoms with Crippen LogP contribution in [0.15, 0.2) is 36.5 Å². The summed E-state index contributed by atoms with van der Waals surface area (Å²) in [6, 6.07) is 9.41. The lowest BCUT2D eigenvalue weighted by molar-refractivity contribution is 0.327. The molecule has 0 saturated carbocycles. The Morgan fingerprint density at radius 1 is 1.30 bits per heavy atom. The van der Waals surface area contributed by atoms with Gasteiger partial charge in [-0.15, -0.1) is 0 Å². The van der Waals surface area contributed by atoms with Crippen molar-refractivity contribution in [1.82, 2.24) is 9.97 Å². The number of hydrogen-bond donors (Lipinski definition) is 1. The first-order valence-corrected chi connectivity index (χ1v) is 7.36. The van der Waals surface area contributed by atoms with E-state index in [1.807, 2.05) is 37.3 Å². The second-order valence-electron chi connectivity index (χ2n) is 4.07. The summed E-state index contributed by atoms with van der Waals surface area (Å²) >= 11 is 7.52. The molecule has 0 amide bonds. The van der Waals surface area contributed by atoms with Crippen LogP contribution in [0.2, 0.25) is 5.02 Å². The van der Waals surface area contributed by atoms with E-state index in [9.17, 15) is 0 Å². The molecule has 0 unspecified atom stereocenters. The molecular formula is C14H12ClN3OS. The van der Waals surface area contributed by atoms with Gasteiger partial charge in [0.2, 0.25) is 5.88 Å². The Morgan fingerprint density at radius 3 is 2.95 bits per heavy atom. The maximum absolute atomic E-state index is 5.97. The van der Waals surface area contributed by atoms with Gasteiger partial charge in [-0.1, -0.05) is 22.9 Å². The number of nitrogens with one attached hydrogen (secondary N) is 1. The van der Waals surface area contributed by atoms with Crippen molar-refractivity contribution >= 4 is 44.0 Å². The summed E-state index contributed by atoms with van der Waals surface area (Å²) in [7, 11) is 0. The van der Waals surface area contributed by atoms with Crippen LogP contribution in [0.4, 0.5) is 10.8 Å². The first-order valence-electron chi connectivity index (χ1n) is 6.16. The summed E-state index contributed by atoms with van der Waals surface area (Å²) in [5, 5.41) is 4.76. The van der Waals surface area contributed by atoms with E-state index in [1.54, 1.807) is 17.5 Å². The predicted molar refractivity (Wildman–Crippen MR) is 83.3 cm³/mol. The standard InChI is InChI=1S/C14H12ClN3OS/c1-2-19-13-6-4-10(8-16-13)17-14-18-11-5-3-9(15)7-12(11)20-14/h3-8H,2H2,1H3,(H,17,18). The van der Waals surface area contributed by atoms with Crippen LogP contribution in [0, 0.1) is 0 Å². The van der Waals surface area contributed by atoms with Gasteiger partial charge < -0.3 is 10.1 Å². The normalized spacial score (nSPS) is 10.7. The zero-order chi connectivity index (χ0) is 13.9. The second kappa shape index (κ2) is 5.64. The van der Waals surface area contributed by atoms with Gasteiger partial charge in [0, 0.05) is 11.1 Å². The van der Waals surface area contributed by atoms with Crippen molar-refractivity contribution < 1.29 is 4.74 Å². The Hall–Kier alpha value is -1.85. The Bertz CT molecular complexity index is 727. The first kappa shape index (κ1) is 13.1. The van der Waals surface area contributed by atoms with E-state index in [1.165, 1.54) is 0 Å². The van der Waals surface area contributed by atoms with Crippen molar-refractivity contribution in [2.24, 2.45) is 0 Å². The molecule has 0 radical (unpaired) electrons. The van der Waals surface area contributed by atoms with Crippen LogP contribution in [-0.4, -0.2) is 16.6 Å². The van der Waals surface area contributed by atoms with Gasteiger partial charge in [-0.2, -0.15) is 0 Å². The minimum Gasteiger partial charge on any atom is -0.478 e. The fourth-order valence-electron chi connectivity index (χ4n) is 1.76. The van der Waals surface area contributed by atoms with Gasteiger partial charge in [0.25, 0.3) is 0 Å². The number of benzene rings is 1. The lowest BCUT2D eigenvalue weighted by Crippen LogP contribution is -1.95. The third-order valence-corrected chi connectivity index (χ3v) is 3.80. The van der Waals surface area contributed by atoms with E-state index < -0.39 is 0 Å². The molecular weight excluding hydrogens is 294 g/mol. The fourth-order valence-corrected chi connectivity index (χ4v) is 2.93. The lowest BCUT2D eigenvalue weighted by atomic mass is 10.3. The zero-order valence-electron chi connectivity index (χ0n) is 10.8. The molecule has 3 aromatic rings. The number of pyridine rings is 1. The maximum Gasteiger partial charge on any atom is 0.213 e. The second-order valence-corrected chi connectivity index (χ2v) is 5.54. The molecule has 0 aliphatic rings. The van der Waals surface area contributed by atoms with Crippen molar-refractivity contribution in [3.8, 4) is 5.88 Å². The molecule has 1 N–H and O–H groups in total. The number of ether oxygens (including phenoxy) is 1. The smallest absolute Gasteiger partial charge is 0.213 e. The van der Waals surface area contributed by atoms with Crippen LogP contribution < -0.4 is 10.1 Å². The molecule has 102 valence electrons. The van der Waals surface area contributed by atoms with Crippen LogP contribution in [0.5, 0.6) is 5.88 Å². The van der Waals surface area contributed by atoms with E-state index in [2.05, 4.69) is 15.3 Å². The molecule has 1 aromatic carbocycles. The number of aromatic nitrogens is 2. The molecule has 20 heavy (non-hydrogen) atoms. The minimum absolute atomic E-state index is 0.610. The number of thiazole rings is 1. The quantitative estimate of drug-likeness (QED) is 0.771. The van der Waals surface area contributed by atoms with Crippen molar-refractivity contribution in [3.63, 3.8) is 0 Å². The zero-order valence-corrected chi connectivity index (χ0v) is 12.3. The van der Waals surface area contributed by atoms with E-state index >= 15 is 0 Å². The third kappa shape index (κ3) is 2.84. The highest BCUT2D eigenvalue weighted by Crippen LogP contribution is 2.30. The highest BCUT2D eigenvalue weighted by molar-refractivity contribution is 7.22. The Kier molecular flexibility index (Phi) is 3.71. The van der Waals surface area contributed by atoms with Gasteiger partial charge in [-0.3, -0.25) is 0 Å². The highest BCUT2D eigenvalue weighted by atomic mass is 35.5. The van der Waals surface area contributed by atoms with E-state index in [0.29, 0.717) is 12.5 Å². The molecule has 6 heteroatoms. The molecule has 2 aromatic heterocycles. The van der Waals surface area contributed by atoms with Gasteiger partial charge >= 0.3 is 0 Å². The predicted octanol–water partition coefficient (Wildman–Crippen LogP) is 4.49. The summed E-state index contributed by atoms with van der Waals surface area (Å²) < 4.78 is 6.36. The van der Waals surface area contributed by atoms with Crippen LogP contribution in [0.1, 0.15) is 6.92 Å². The van der Waals surface area contributed by atoms with E-state index in [-0.39, 0.29) is 0 Å². The van der Waals surface area contributed by atoms with E-state index in [0.717, 1.165) is 26.1 Å². The largest absolute Gasteiger partial charge is 0.478 e. The fraction of sp³-hybridized carbons (Fsp3) is 0.143. The summed E-state index contributed by atoms with van der Waals surface area (Å²) in [6.45, 7) is 2.54. The molecule has 0 fully saturated rings. The third-order valence-electron chi connectivity index (χ3n) is 2.63. The summed E-state index contributed by atoms with van der Waals surface area (Å²) in [6.07, 6.45) is 1.73. The molecule has 4 nitrogen and oxygen atoms in total. The molecule has 0 aliphatic carbocycles. The summed E-state index contributed by atoms with van der Waals surface area (Å²) in [4.78, 5) is 8.70. The van der Waals surface area contributed by atoms with Gasteiger partial charge in [0.15, 0.2) is 5.13 Å². The number of anilines is 2. The topological polar surface area (TPSA) is 47.0 Å². The SMILES string of the molecule is CCOc1ccc(Nc2nc3ccc(Cl)cc3s2)cn1. The van der Waals surface area contributed by atoms with Gasteiger partial charge in [-0.05, 0) is 31.2 Å². The molecule has 0 spiro atoms. The van der Waals surface area contributed by atoms with E-state index in [4.69, 9.17) is 16.3 Å². The average molecular weight is 306 g/mol. The first-order chi connectivity index (χ1) is 9.74. The summed E-state index contributed by atoms with van der Waals surface area (Å²) in [5.41, 5.74) is 1.81. The van der Waals surface area contributed by atoms with Gasteiger partial charge in [-0.25, -0.2) is 9.97 Å². The molecule has 0 atom stereocenters. The van der Waals surface area contributed by atoms with Gasteiger partial charge in [0.05, 0.1) is 28.7 Å². The highest BCUT2D eigenvalue weighted by Gasteiger charge is 2.05.